The van der Waals surface area contributed by atoms with Crippen molar-refractivity contribution in [3.05, 3.63) is 17.8 Å². The summed E-state index contributed by atoms with van der Waals surface area (Å²) in [6, 6.07) is 1.77. The molecule has 0 aromatic carbocycles. The van der Waals surface area contributed by atoms with Crippen molar-refractivity contribution in [1.82, 2.24) is 4.98 Å². The first-order valence-corrected chi connectivity index (χ1v) is 5.27. The van der Waals surface area contributed by atoms with Gasteiger partial charge in [-0.1, -0.05) is 0 Å². The lowest BCUT2D eigenvalue weighted by Gasteiger charge is -2.09. The third kappa shape index (κ3) is 2.30. The second-order valence-corrected chi connectivity index (χ2v) is 3.98. The summed E-state index contributed by atoms with van der Waals surface area (Å²) in [5, 5.41) is 2.77. The standard InChI is InChI=1S/C11H15N3O2/c1-7-4-10(13-5-9(7)12)14-11(15)8-2-3-16-6-8/h4-5,8H,2-3,6,12H2,1H3,(H,13,14,15). The summed E-state index contributed by atoms with van der Waals surface area (Å²) in [7, 11) is 0. The van der Waals surface area contributed by atoms with E-state index in [-0.39, 0.29) is 11.8 Å². The Bertz CT molecular complexity index is 400. The monoisotopic (exact) mass is 221 g/mol. The average Bonchev–Trinajstić information content (AvgIpc) is 2.77. The Morgan fingerprint density at radius 2 is 2.50 bits per heavy atom. The first-order valence-electron chi connectivity index (χ1n) is 5.27. The summed E-state index contributed by atoms with van der Waals surface area (Å²) < 4.78 is 5.16. The van der Waals surface area contributed by atoms with Crippen LogP contribution in [0.25, 0.3) is 0 Å². The third-order valence-electron chi connectivity index (χ3n) is 2.70. The fraction of sp³-hybridized carbons (Fsp3) is 0.455. The van der Waals surface area contributed by atoms with E-state index in [2.05, 4.69) is 10.3 Å². The van der Waals surface area contributed by atoms with E-state index in [1.807, 2.05) is 6.92 Å². The van der Waals surface area contributed by atoms with E-state index in [0.29, 0.717) is 24.7 Å². The smallest absolute Gasteiger partial charge is 0.231 e. The number of hydrogen-bond acceptors (Lipinski definition) is 4. The average molecular weight is 221 g/mol. The van der Waals surface area contributed by atoms with Gasteiger partial charge in [-0.05, 0) is 25.0 Å². The van der Waals surface area contributed by atoms with E-state index < -0.39 is 0 Å². The van der Waals surface area contributed by atoms with Crippen LogP contribution in [0.4, 0.5) is 11.5 Å². The van der Waals surface area contributed by atoms with Gasteiger partial charge in [0.05, 0.1) is 24.4 Å². The SMILES string of the molecule is Cc1cc(NC(=O)C2CCOC2)ncc1N. The number of carbonyl (C=O) groups excluding carboxylic acids is 1. The van der Waals surface area contributed by atoms with Crippen molar-refractivity contribution in [3.8, 4) is 0 Å². The Balaban J connectivity index is 2.02. The van der Waals surface area contributed by atoms with Gasteiger partial charge in [-0.25, -0.2) is 4.98 Å². The molecular formula is C11H15N3O2. The van der Waals surface area contributed by atoms with Crippen LogP contribution >= 0.6 is 0 Å². The number of aryl methyl sites for hydroxylation is 1. The molecule has 0 spiro atoms. The van der Waals surface area contributed by atoms with Crippen LogP contribution in [0.5, 0.6) is 0 Å². The largest absolute Gasteiger partial charge is 0.397 e. The van der Waals surface area contributed by atoms with Crippen molar-refractivity contribution >= 4 is 17.4 Å². The first-order chi connectivity index (χ1) is 7.66. The van der Waals surface area contributed by atoms with Crippen molar-refractivity contribution in [2.45, 2.75) is 13.3 Å². The van der Waals surface area contributed by atoms with Crippen LogP contribution < -0.4 is 11.1 Å². The highest BCUT2D eigenvalue weighted by molar-refractivity contribution is 5.92. The highest BCUT2D eigenvalue weighted by atomic mass is 16.5. The number of aromatic nitrogens is 1. The zero-order valence-electron chi connectivity index (χ0n) is 9.19. The Labute approximate surface area is 94.0 Å². The minimum atomic E-state index is -0.0559. The van der Waals surface area contributed by atoms with E-state index in [1.165, 1.54) is 0 Å². The maximum atomic E-state index is 11.7. The molecule has 1 aromatic heterocycles. The predicted octanol–water partition coefficient (Wildman–Crippen LogP) is 0.947. The molecule has 16 heavy (non-hydrogen) atoms. The second kappa shape index (κ2) is 4.49. The molecule has 5 nitrogen and oxygen atoms in total. The second-order valence-electron chi connectivity index (χ2n) is 3.98. The molecule has 1 saturated heterocycles. The number of rotatable bonds is 2. The number of amides is 1. The fourth-order valence-electron chi connectivity index (χ4n) is 1.60. The van der Waals surface area contributed by atoms with Gasteiger partial charge in [-0.2, -0.15) is 0 Å². The van der Waals surface area contributed by atoms with Gasteiger partial charge in [0, 0.05) is 6.61 Å². The molecule has 1 aliphatic rings. The highest BCUT2D eigenvalue weighted by Gasteiger charge is 2.23. The molecule has 1 amide bonds. The van der Waals surface area contributed by atoms with Gasteiger partial charge >= 0.3 is 0 Å². The maximum Gasteiger partial charge on any atom is 0.231 e. The van der Waals surface area contributed by atoms with Gasteiger partial charge in [0.1, 0.15) is 5.82 Å². The van der Waals surface area contributed by atoms with Crippen LogP contribution in [-0.2, 0) is 9.53 Å². The van der Waals surface area contributed by atoms with Gasteiger partial charge in [-0.3, -0.25) is 4.79 Å². The van der Waals surface area contributed by atoms with E-state index in [4.69, 9.17) is 10.5 Å². The van der Waals surface area contributed by atoms with Crippen LogP contribution in [0.15, 0.2) is 12.3 Å². The van der Waals surface area contributed by atoms with Crippen LogP contribution in [0.3, 0.4) is 0 Å². The number of anilines is 2. The molecule has 0 bridgehead atoms. The minimum Gasteiger partial charge on any atom is -0.397 e. The summed E-state index contributed by atoms with van der Waals surface area (Å²) in [4.78, 5) is 15.8. The number of nitrogens with two attached hydrogens (primary N) is 1. The summed E-state index contributed by atoms with van der Waals surface area (Å²) in [5.74, 6) is 0.456. The van der Waals surface area contributed by atoms with Crippen LogP contribution in [0.2, 0.25) is 0 Å². The van der Waals surface area contributed by atoms with Gasteiger partial charge in [0.2, 0.25) is 5.91 Å². The van der Waals surface area contributed by atoms with Gasteiger partial charge < -0.3 is 15.8 Å². The van der Waals surface area contributed by atoms with Crippen molar-refractivity contribution in [2.24, 2.45) is 5.92 Å². The minimum absolute atomic E-state index is 0.0332. The molecule has 3 N–H and O–H groups in total. The van der Waals surface area contributed by atoms with Gasteiger partial charge in [-0.15, -0.1) is 0 Å². The number of ether oxygens (including phenoxy) is 1. The van der Waals surface area contributed by atoms with E-state index in [0.717, 1.165) is 12.0 Å². The zero-order valence-corrected chi connectivity index (χ0v) is 9.19. The molecule has 1 unspecified atom stereocenters. The topological polar surface area (TPSA) is 77.2 Å². The Morgan fingerprint density at radius 1 is 1.69 bits per heavy atom. The van der Waals surface area contributed by atoms with E-state index in [1.54, 1.807) is 12.3 Å². The lowest BCUT2D eigenvalue weighted by atomic mass is 10.1. The van der Waals surface area contributed by atoms with E-state index >= 15 is 0 Å². The molecule has 86 valence electrons. The molecule has 1 atom stereocenters. The molecule has 0 radical (unpaired) electrons. The normalized spacial score (nSPS) is 19.7. The molecule has 5 heteroatoms. The molecule has 1 fully saturated rings. The summed E-state index contributed by atoms with van der Waals surface area (Å²) in [6.45, 7) is 3.04. The van der Waals surface area contributed by atoms with Crippen molar-refractivity contribution < 1.29 is 9.53 Å². The van der Waals surface area contributed by atoms with Crippen molar-refractivity contribution in [2.75, 3.05) is 24.3 Å². The molecule has 0 aliphatic carbocycles. The molecule has 2 heterocycles. The summed E-state index contributed by atoms with van der Waals surface area (Å²) >= 11 is 0. The summed E-state index contributed by atoms with van der Waals surface area (Å²) in [5.41, 5.74) is 7.18. The quantitative estimate of drug-likeness (QED) is 0.779. The number of pyridine rings is 1. The van der Waals surface area contributed by atoms with Crippen molar-refractivity contribution in [3.63, 3.8) is 0 Å². The predicted molar refractivity (Wildman–Crippen MR) is 60.9 cm³/mol. The number of carbonyl (C=O) groups is 1. The highest BCUT2D eigenvalue weighted by Crippen LogP contribution is 2.17. The van der Waals surface area contributed by atoms with Crippen LogP contribution in [0.1, 0.15) is 12.0 Å². The zero-order chi connectivity index (χ0) is 11.5. The number of nitrogen functional groups attached to an aromatic ring is 1. The number of hydrogen-bond donors (Lipinski definition) is 2. The van der Waals surface area contributed by atoms with E-state index in [9.17, 15) is 4.79 Å². The Hall–Kier alpha value is -1.62. The van der Waals surface area contributed by atoms with Crippen molar-refractivity contribution in [1.29, 1.82) is 0 Å². The molecular weight excluding hydrogens is 206 g/mol. The lowest BCUT2D eigenvalue weighted by Crippen LogP contribution is -2.23. The summed E-state index contributed by atoms with van der Waals surface area (Å²) in [6.07, 6.45) is 2.33. The van der Waals surface area contributed by atoms with Crippen LogP contribution in [0, 0.1) is 12.8 Å². The maximum absolute atomic E-state index is 11.7. The fourth-order valence-corrected chi connectivity index (χ4v) is 1.60. The molecule has 0 saturated carbocycles. The number of nitrogens with one attached hydrogen (secondary N) is 1. The Kier molecular flexibility index (Phi) is 3.05. The number of nitrogens with zero attached hydrogens (tertiary/aromatic N) is 1. The lowest BCUT2D eigenvalue weighted by molar-refractivity contribution is -0.119. The first kappa shape index (κ1) is 10.9. The van der Waals surface area contributed by atoms with Gasteiger partial charge in [0.25, 0.3) is 0 Å². The molecule has 1 aromatic rings. The Morgan fingerprint density at radius 3 is 3.12 bits per heavy atom. The molecule has 2 rings (SSSR count). The van der Waals surface area contributed by atoms with Crippen LogP contribution in [-0.4, -0.2) is 24.1 Å². The van der Waals surface area contributed by atoms with Gasteiger partial charge in [0.15, 0.2) is 0 Å². The molecule has 1 aliphatic heterocycles. The third-order valence-corrected chi connectivity index (χ3v) is 2.70.